The summed E-state index contributed by atoms with van der Waals surface area (Å²) < 4.78 is 2.11. The maximum Gasteiger partial charge on any atom is 0.239 e. The quantitative estimate of drug-likeness (QED) is 0.614. The van der Waals surface area contributed by atoms with Gasteiger partial charge in [0, 0.05) is 58.4 Å². The first-order valence-corrected chi connectivity index (χ1v) is 9.19. The van der Waals surface area contributed by atoms with Gasteiger partial charge in [-0.2, -0.15) is 0 Å². The van der Waals surface area contributed by atoms with Gasteiger partial charge in [-0.3, -0.25) is 9.79 Å². The van der Waals surface area contributed by atoms with Gasteiger partial charge in [-0.15, -0.1) is 0 Å². The van der Waals surface area contributed by atoms with Crippen molar-refractivity contribution in [1.82, 2.24) is 20.1 Å². The normalized spacial score (nSPS) is 14.9. The number of guanidine groups is 1. The number of nitrogens with zero attached hydrogens (tertiary/aromatic N) is 4. The van der Waals surface area contributed by atoms with E-state index in [1.54, 1.807) is 7.05 Å². The van der Waals surface area contributed by atoms with E-state index in [0.717, 1.165) is 24.7 Å². The Balaban J connectivity index is 1.55. The highest BCUT2D eigenvalue weighted by Gasteiger charge is 2.16. The second kappa shape index (κ2) is 8.62. The standard InChI is InChI=1S/C20H28N6O/c1-21-20(25(3)14-18-5-4-11-24(18)2)23-13-16-6-8-17(9-7-16)26-12-10-22-19(27)15-26/h4-9,11H,10,12-15H2,1-3H3,(H,21,23)(H,22,27). The van der Waals surface area contributed by atoms with Crippen LogP contribution in [0.5, 0.6) is 0 Å². The van der Waals surface area contributed by atoms with Gasteiger partial charge in [0.15, 0.2) is 5.96 Å². The summed E-state index contributed by atoms with van der Waals surface area (Å²) in [5.41, 5.74) is 3.49. The molecule has 1 aromatic heterocycles. The van der Waals surface area contributed by atoms with Crippen molar-refractivity contribution in [2.45, 2.75) is 13.1 Å². The summed E-state index contributed by atoms with van der Waals surface area (Å²) >= 11 is 0. The number of rotatable bonds is 5. The van der Waals surface area contributed by atoms with Crippen molar-refractivity contribution in [3.05, 3.63) is 53.9 Å². The van der Waals surface area contributed by atoms with Crippen molar-refractivity contribution in [3.63, 3.8) is 0 Å². The number of aliphatic imine (C=N–C) groups is 1. The van der Waals surface area contributed by atoms with Crippen molar-refractivity contribution in [1.29, 1.82) is 0 Å². The first-order valence-electron chi connectivity index (χ1n) is 9.19. The molecular weight excluding hydrogens is 340 g/mol. The van der Waals surface area contributed by atoms with Crippen LogP contribution in [-0.2, 0) is 24.9 Å². The van der Waals surface area contributed by atoms with Gasteiger partial charge in [0.1, 0.15) is 0 Å². The highest BCUT2D eigenvalue weighted by Crippen LogP contribution is 2.16. The summed E-state index contributed by atoms with van der Waals surface area (Å²) in [6.07, 6.45) is 2.05. The number of hydrogen-bond donors (Lipinski definition) is 2. The molecule has 2 N–H and O–H groups in total. The molecule has 0 spiro atoms. The van der Waals surface area contributed by atoms with Crippen LogP contribution in [0.25, 0.3) is 0 Å². The third kappa shape index (κ3) is 4.81. The third-order valence-corrected chi connectivity index (χ3v) is 4.81. The van der Waals surface area contributed by atoms with Crippen molar-refractivity contribution >= 4 is 17.6 Å². The number of anilines is 1. The number of nitrogens with one attached hydrogen (secondary N) is 2. The number of amides is 1. The molecule has 1 aromatic carbocycles. The van der Waals surface area contributed by atoms with Crippen LogP contribution < -0.4 is 15.5 Å². The number of aromatic nitrogens is 1. The molecule has 0 unspecified atom stereocenters. The van der Waals surface area contributed by atoms with E-state index >= 15 is 0 Å². The molecule has 0 aliphatic carbocycles. The van der Waals surface area contributed by atoms with E-state index in [4.69, 9.17) is 0 Å². The molecule has 7 nitrogen and oxygen atoms in total. The Morgan fingerprint density at radius 2 is 2.07 bits per heavy atom. The lowest BCUT2D eigenvalue weighted by atomic mass is 10.2. The van der Waals surface area contributed by atoms with Gasteiger partial charge < -0.3 is 25.0 Å². The third-order valence-electron chi connectivity index (χ3n) is 4.81. The Morgan fingerprint density at radius 3 is 2.70 bits per heavy atom. The van der Waals surface area contributed by atoms with E-state index in [1.807, 2.05) is 26.4 Å². The molecule has 27 heavy (non-hydrogen) atoms. The molecule has 1 fully saturated rings. The number of carbonyl (C=O) groups excluding carboxylic acids is 1. The topological polar surface area (TPSA) is 64.9 Å². The van der Waals surface area contributed by atoms with Crippen molar-refractivity contribution < 1.29 is 4.79 Å². The summed E-state index contributed by atoms with van der Waals surface area (Å²) in [6.45, 7) is 3.46. The molecule has 0 atom stereocenters. The summed E-state index contributed by atoms with van der Waals surface area (Å²) in [5, 5.41) is 6.26. The fraction of sp³-hybridized carbons (Fsp3) is 0.400. The van der Waals surface area contributed by atoms with Crippen LogP contribution in [0, 0.1) is 0 Å². The fourth-order valence-electron chi connectivity index (χ4n) is 3.23. The second-order valence-corrected chi connectivity index (χ2v) is 6.81. The van der Waals surface area contributed by atoms with Crippen molar-refractivity contribution in [2.24, 2.45) is 12.0 Å². The van der Waals surface area contributed by atoms with E-state index in [0.29, 0.717) is 19.6 Å². The lowest BCUT2D eigenvalue weighted by molar-refractivity contribution is -0.120. The van der Waals surface area contributed by atoms with Gasteiger partial charge in [-0.1, -0.05) is 12.1 Å². The molecule has 0 bridgehead atoms. The largest absolute Gasteiger partial charge is 0.360 e. The lowest BCUT2D eigenvalue weighted by Gasteiger charge is -2.28. The van der Waals surface area contributed by atoms with Crippen LogP contribution in [-0.4, -0.2) is 55.1 Å². The summed E-state index contributed by atoms with van der Waals surface area (Å²) in [7, 11) is 5.88. The molecule has 144 valence electrons. The van der Waals surface area contributed by atoms with Gasteiger partial charge >= 0.3 is 0 Å². The Kier molecular flexibility index (Phi) is 6.01. The van der Waals surface area contributed by atoms with Crippen LogP contribution in [0.15, 0.2) is 47.6 Å². The Morgan fingerprint density at radius 1 is 1.30 bits per heavy atom. The predicted octanol–water partition coefficient (Wildman–Crippen LogP) is 1.17. The van der Waals surface area contributed by atoms with E-state index < -0.39 is 0 Å². The van der Waals surface area contributed by atoms with Gasteiger partial charge in [-0.05, 0) is 29.8 Å². The summed E-state index contributed by atoms with van der Waals surface area (Å²) in [6, 6.07) is 12.5. The van der Waals surface area contributed by atoms with E-state index in [-0.39, 0.29) is 5.91 Å². The zero-order chi connectivity index (χ0) is 19.2. The molecule has 1 amide bonds. The summed E-state index contributed by atoms with van der Waals surface area (Å²) in [4.78, 5) is 20.1. The summed E-state index contributed by atoms with van der Waals surface area (Å²) in [5.74, 6) is 0.935. The lowest BCUT2D eigenvalue weighted by Crippen LogP contribution is -2.47. The average molecular weight is 368 g/mol. The molecule has 1 aliphatic heterocycles. The molecule has 0 saturated carbocycles. The van der Waals surface area contributed by atoms with Crippen LogP contribution in [0.4, 0.5) is 5.69 Å². The minimum atomic E-state index is 0.0806. The zero-order valence-corrected chi connectivity index (χ0v) is 16.3. The fourth-order valence-corrected chi connectivity index (χ4v) is 3.23. The maximum absolute atomic E-state index is 11.5. The smallest absolute Gasteiger partial charge is 0.239 e. The molecule has 1 saturated heterocycles. The average Bonchev–Trinajstić information content (AvgIpc) is 3.07. The number of piperazine rings is 1. The first kappa shape index (κ1) is 18.8. The van der Waals surface area contributed by atoms with Gasteiger partial charge in [0.25, 0.3) is 0 Å². The van der Waals surface area contributed by atoms with Gasteiger partial charge in [0.05, 0.1) is 13.1 Å². The number of aryl methyl sites for hydroxylation is 1. The molecule has 2 heterocycles. The highest BCUT2D eigenvalue weighted by molar-refractivity contribution is 5.82. The second-order valence-electron chi connectivity index (χ2n) is 6.81. The molecule has 3 rings (SSSR count). The van der Waals surface area contributed by atoms with Gasteiger partial charge in [-0.25, -0.2) is 0 Å². The number of hydrogen-bond acceptors (Lipinski definition) is 3. The van der Waals surface area contributed by atoms with E-state index in [9.17, 15) is 4.79 Å². The Hall–Kier alpha value is -2.96. The van der Waals surface area contributed by atoms with Gasteiger partial charge in [0.2, 0.25) is 5.91 Å². The van der Waals surface area contributed by atoms with E-state index in [2.05, 4.69) is 60.3 Å². The SMILES string of the molecule is CN=C(NCc1ccc(N2CCNC(=O)C2)cc1)N(C)Cc1cccn1C. The zero-order valence-electron chi connectivity index (χ0n) is 16.3. The van der Waals surface area contributed by atoms with Crippen molar-refractivity contribution in [3.8, 4) is 0 Å². The highest BCUT2D eigenvalue weighted by atomic mass is 16.2. The van der Waals surface area contributed by atoms with Crippen molar-refractivity contribution in [2.75, 3.05) is 38.6 Å². The Bertz CT molecular complexity index is 795. The molecule has 2 aromatic rings. The Labute approximate surface area is 160 Å². The van der Waals surface area contributed by atoms with Crippen LogP contribution in [0.3, 0.4) is 0 Å². The number of carbonyl (C=O) groups is 1. The predicted molar refractivity (Wildman–Crippen MR) is 109 cm³/mol. The molecule has 7 heteroatoms. The van der Waals surface area contributed by atoms with Crippen LogP contribution >= 0.6 is 0 Å². The van der Waals surface area contributed by atoms with Crippen LogP contribution in [0.2, 0.25) is 0 Å². The number of benzene rings is 1. The monoisotopic (exact) mass is 368 g/mol. The first-order chi connectivity index (χ1) is 13.1. The minimum Gasteiger partial charge on any atom is -0.360 e. The maximum atomic E-state index is 11.5. The molecule has 0 radical (unpaired) electrons. The molecule has 1 aliphatic rings. The molecular formula is C20H28N6O. The van der Waals surface area contributed by atoms with Crippen LogP contribution in [0.1, 0.15) is 11.3 Å². The minimum absolute atomic E-state index is 0.0806. The van der Waals surface area contributed by atoms with E-state index in [1.165, 1.54) is 11.3 Å².